The zero-order valence-electron chi connectivity index (χ0n) is 7.93. The lowest BCUT2D eigenvalue weighted by Crippen LogP contribution is -2.08. The molecule has 1 unspecified atom stereocenters. The largest absolute Gasteiger partial charge is 0.368 e. The summed E-state index contributed by atoms with van der Waals surface area (Å²) < 4.78 is 5.55. The van der Waals surface area contributed by atoms with Crippen LogP contribution in [-0.2, 0) is 4.74 Å². The number of rotatable bonds is 7. The monoisotopic (exact) mass is 176 g/mol. The molecule has 11 heavy (non-hydrogen) atoms. The molecular formula is C9H20OS. The zero-order chi connectivity index (χ0) is 8.53. The van der Waals surface area contributed by atoms with Crippen LogP contribution in [0, 0.1) is 0 Å². The van der Waals surface area contributed by atoms with Crippen LogP contribution in [-0.4, -0.2) is 17.8 Å². The van der Waals surface area contributed by atoms with Crippen molar-refractivity contribution in [3.8, 4) is 0 Å². The third-order valence-electron chi connectivity index (χ3n) is 1.38. The Morgan fingerprint density at radius 2 is 1.91 bits per heavy atom. The van der Waals surface area contributed by atoms with Crippen LogP contribution >= 0.6 is 11.8 Å². The molecule has 0 N–H and O–H groups in total. The standard InChI is InChI=1S/C9H20OS/c1-4-7-9(10-6-3)11-8-5-2/h9H,4-8H2,1-3H3. The van der Waals surface area contributed by atoms with E-state index in [0.29, 0.717) is 5.44 Å². The van der Waals surface area contributed by atoms with E-state index in [9.17, 15) is 0 Å². The molecule has 0 aromatic heterocycles. The minimum Gasteiger partial charge on any atom is -0.368 e. The Kier molecular flexibility index (Phi) is 8.64. The molecule has 0 rings (SSSR count). The fourth-order valence-electron chi connectivity index (χ4n) is 0.886. The fraction of sp³-hybridized carbons (Fsp3) is 1.00. The fourth-order valence-corrected chi connectivity index (χ4v) is 2.02. The second-order valence-electron chi connectivity index (χ2n) is 2.54. The summed E-state index contributed by atoms with van der Waals surface area (Å²) in [7, 11) is 0. The highest BCUT2D eigenvalue weighted by Crippen LogP contribution is 2.18. The predicted molar refractivity (Wildman–Crippen MR) is 53.1 cm³/mol. The van der Waals surface area contributed by atoms with E-state index in [2.05, 4.69) is 20.8 Å². The smallest absolute Gasteiger partial charge is 0.103 e. The van der Waals surface area contributed by atoms with Gasteiger partial charge in [-0.1, -0.05) is 20.3 Å². The summed E-state index contributed by atoms with van der Waals surface area (Å²) >= 11 is 1.95. The Balaban J connectivity index is 3.34. The zero-order valence-corrected chi connectivity index (χ0v) is 8.75. The first-order chi connectivity index (χ1) is 5.35. The Morgan fingerprint density at radius 1 is 1.18 bits per heavy atom. The van der Waals surface area contributed by atoms with E-state index in [0.717, 1.165) is 6.61 Å². The Morgan fingerprint density at radius 3 is 2.36 bits per heavy atom. The van der Waals surface area contributed by atoms with E-state index in [4.69, 9.17) is 4.74 Å². The number of hydrogen-bond donors (Lipinski definition) is 0. The minimum absolute atomic E-state index is 0.449. The quantitative estimate of drug-likeness (QED) is 0.550. The van der Waals surface area contributed by atoms with Gasteiger partial charge in [0.25, 0.3) is 0 Å². The van der Waals surface area contributed by atoms with Gasteiger partial charge in [-0.3, -0.25) is 0 Å². The molecule has 0 fully saturated rings. The highest BCUT2D eigenvalue weighted by molar-refractivity contribution is 7.99. The highest BCUT2D eigenvalue weighted by atomic mass is 32.2. The van der Waals surface area contributed by atoms with Crippen molar-refractivity contribution < 1.29 is 4.74 Å². The van der Waals surface area contributed by atoms with Gasteiger partial charge in [-0.25, -0.2) is 0 Å². The average molecular weight is 176 g/mol. The predicted octanol–water partition coefficient (Wildman–Crippen LogP) is 3.29. The molecule has 0 amide bonds. The van der Waals surface area contributed by atoms with Gasteiger partial charge < -0.3 is 4.74 Å². The van der Waals surface area contributed by atoms with E-state index in [-0.39, 0.29) is 0 Å². The SMILES string of the molecule is CCCSC(CCC)OCC. The number of hydrogen-bond acceptors (Lipinski definition) is 2. The Labute approximate surface area is 74.9 Å². The molecule has 2 heteroatoms. The van der Waals surface area contributed by atoms with Crippen molar-refractivity contribution in [1.29, 1.82) is 0 Å². The molecule has 0 radical (unpaired) electrons. The van der Waals surface area contributed by atoms with Crippen molar-refractivity contribution in [1.82, 2.24) is 0 Å². The van der Waals surface area contributed by atoms with Gasteiger partial charge in [-0.05, 0) is 25.5 Å². The van der Waals surface area contributed by atoms with Crippen molar-refractivity contribution in [2.75, 3.05) is 12.4 Å². The summed E-state index contributed by atoms with van der Waals surface area (Å²) in [6, 6.07) is 0. The first kappa shape index (κ1) is 11.3. The van der Waals surface area contributed by atoms with Crippen LogP contribution in [0.5, 0.6) is 0 Å². The number of ether oxygens (including phenoxy) is 1. The molecule has 0 aromatic rings. The molecule has 0 heterocycles. The van der Waals surface area contributed by atoms with Crippen LogP contribution in [0.4, 0.5) is 0 Å². The van der Waals surface area contributed by atoms with Crippen LogP contribution in [0.15, 0.2) is 0 Å². The maximum Gasteiger partial charge on any atom is 0.103 e. The third-order valence-corrected chi connectivity index (χ3v) is 2.77. The average Bonchev–Trinajstić information content (AvgIpc) is 2.01. The molecule has 0 bridgehead atoms. The molecule has 0 aliphatic carbocycles. The molecule has 0 saturated carbocycles. The molecule has 1 atom stereocenters. The maximum atomic E-state index is 5.55. The lowest BCUT2D eigenvalue weighted by Gasteiger charge is -2.14. The van der Waals surface area contributed by atoms with Gasteiger partial charge in [0, 0.05) is 6.61 Å². The molecule has 0 aliphatic heterocycles. The van der Waals surface area contributed by atoms with Gasteiger partial charge in [0.15, 0.2) is 0 Å². The van der Waals surface area contributed by atoms with E-state index in [1.807, 2.05) is 11.8 Å². The van der Waals surface area contributed by atoms with E-state index >= 15 is 0 Å². The van der Waals surface area contributed by atoms with Crippen molar-refractivity contribution >= 4 is 11.8 Å². The summed E-state index contributed by atoms with van der Waals surface area (Å²) in [5.74, 6) is 1.23. The Bertz CT molecular complexity index is 70.0. The molecule has 0 spiro atoms. The van der Waals surface area contributed by atoms with Gasteiger partial charge in [0.2, 0.25) is 0 Å². The van der Waals surface area contributed by atoms with Gasteiger partial charge in [0.05, 0.1) is 0 Å². The summed E-state index contributed by atoms with van der Waals surface area (Å²) in [5.41, 5.74) is 0.449. The normalized spacial score (nSPS) is 13.4. The summed E-state index contributed by atoms with van der Waals surface area (Å²) in [6.45, 7) is 7.33. The van der Waals surface area contributed by atoms with E-state index in [1.165, 1.54) is 25.0 Å². The second kappa shape index (κ2) is 8.41. The van der Waals surface area contributed by atoms with E-state index in [1.54, 1.807) is 0 Å². The third kappa shape index (κ3) is 6.70. The minimum atomic E-state index is 0.449. The molecule has 1 nitrogen and oxygen atoms in total. The van der Waals surface area contributed by atoms with Crippen LogP contribution < -0.4 is 0 Å². The molecular weight excluding hydrogens is 156 g/mol. The van der Waals surface area contributed by atoms with Gasteiger partial charge in [-0.15, -0.1) is 11.8 Å². The van der Waals surface area contributed by atoms with Crippen LogP contribution in [0.2, 0.25) is 0 Å². The lowest BCUT2D eigenvalue weighted by atomic mass is 10.4. The van der Waals surface area contributed by atoms with Crippen molar-refractivity contribution in [2.24, 2.45) is 0 Å². The molecule has 0 aliphatic rings. The van der Waals surface area contributed by atoms with Crippen LogP contribution in [0.3, 0.4) is 0 Å². The topological polar surface area (TPSA) is 9.23 Å². The first-order valence-electron chi connectivity index (χ1n) is 4.58. The van der Waals surface area contributed by atoms with Gasteiger partial charge >= 0.3 is 0 Å². The van der Waals surface area contributed by atoms with Gasteiger partial charge in [0.1, 0.15) is 5.44 Å². The van der Waals surface area contributed by atoms with Crippen molar-refractivity contribution in [3.63, 3.8) is 0 Å². The lowest BCUT2D eigenvalue weighted by molar-refractivity contribution is 0.118. The molecule has 0 aromatic carbocycles. The molecule has 68 valence electrons. The van der Waals surface area contributed by atoms with Crippen LogP contribution in [0.1, 0.15) is 40.0 Å². The first-order valence-corrected chi connectivity index (χ1v) is 5.63. The summed E-state index contributed by atoms with van der Waals surface area (Å²) in [6.07, 6.45) is 3.66. The summed E-state index contributed by atoms with van der Waals surface area (Å²) in [4.78, 5) is 0. The van der Waals surface area contributed by atoms with Crippen molar-refractivity contribution in [2.45, 2.75) is 45.5 Å². The Hall–Kier alpha value is 0.310. The van der Waals surface area contributed by atoms with E-state index < -0.39 is 0 Å². The van der Waals surface area contributed by atoms with Crippen molar-refractivity contribution in [3.05, 3.63) is 0 Å². The van der Waals surface area contributed by atoms with Crippen LogP contribution in [0.25, 0.3) is 0 Å². The number of thioether (sulfide) groups is 1. The van der Waals surface area contributed by atoms with Gasteiger partial charge in [-0.2, -0.15) is 0 Å². The highest BCUT2D eigenvalue weighted by Gasteiger charge is 2.05. The molecule has 0 saturated heterocycles. The maximum absolute atomic E-state index is 5.55. The summed E-state index contributed by atoms with van der Waals surface area (Å²) in [5, 5.41) is 0. The second-order valence-corrected chi connectivity index (χ2v) is 3.81.